The summed E-state index contributed by atoms with van der Waals surface area (Å²) >= 11 is 0. The zero-order valence-electron chi connectivity index (χ0n) is 9.46. The molecule has 1 saturated heterocycles. The Bertz CT molecular complexity index is 185. The largest absolute Gasteiger partial charge is 0.382 e. The van der Waals surface area contributed by atoms with Crippen molar-refractivity contribution in [3.63, 3.8) is 0 Å². The average molecular weight is 215 g/mol. The molecule has 0 spiro atoms. The topological polar surface area (TPSA) is 47.6 Å². The molecule has 1 atom stereocenters. The first-order chi connectivity index (χ1) is 7.34. The molecule has 1 unspecified atom stereocenters. The summed E-state index contributed by atoms with van der Waals surface area (Å²) in [6.45, 7) is 3.71. The molecule has 4 heteroatoms. The zero-order valence-corrected chi connectivity index (χ0v) is 9.46. The van der Waals surface area contributed by atoms with Gasteiger partial charge in [0.15, 0.2) is 0 Å². The van der Waals surface area contributed by atoms with Crippen molar-refractivity contribution < 1.29 is 14.3 Å². The number of rotatable bonds is 7. The number of hydrogen-bond donors (Lipinski definition) is 1. The molecule has 88 valence electrons. The molecule has 1 fully saturated rings. The molecule has 0 aromatic rings. The fourth-order valence-electron chi connectivity index (χ4n) is 1.75. The van der Waals surface area contributed by atoms with Crippen molar-refractivity contribution in [2.45, 2.75) is 19.3 Å². The van der Waals surface area contributed by atoms with Gasteiger partial charge in [0.1, 0.15) is 5.78 Å². The summed E-state index contributed by atoms with van der Waals surface area (Å²) < 4.78 is 10.2. The highest BCUT2D eigenvalue weighted by atomic mass is 16.5. The van der Waals surface area contributed by atoms with E-state index in [1.807, 2.05) is 0 Å². The maximum Gasteiger partial charge on any atom is 0.138 e. The van der Waals surface area contributed by atoms with Gasteiger partial charge in [-0.1, -0.05) is 0 Å². The van der Waals surface area contributed by atoms with Gasteiger partial charge in [-0.25, -0.2) is 0 Å². The lowest BCUT2D eigenvalue weighted by Crippen LogP contribution is -2.36. The maximum absolute atomic E-state index is 11.5. The van der Waals surface area contributed by atoms with Gasteiger partial charge >= 0.3 is 0 Å². The van der Waals surface area contributed by atoms with Gasteiger partial charge in [0.2, 0.25) is 0 Å². The number of carbonyl (C=O) groups is 1. The number of carbonyl (C=O) groups excluding carboxylic acids is 1. The second-order valence-electron chi connectivity index (χ2n) is 3.86. The smallest absolute Gasteiger partial charge is 0.138 e. The summed E-state index contributed by atoms with van der Waals surface area (Å²) in [6.07, 6.45) is 2.59. The van der Waals surface area contributed by atoms with E-state index in [-0.39, 0.29) is 5.92 Å². The van der Waals surface area contributed by atoms with Crippen molar-refractivity contribution in [1.29, 1.82) is 0 Å². The fourth-order valence-corrected chi connectivity index (χ4v) is 1.75. The number of Topliss-reactive ketones (excluding diaryl/α,β-unsaturated/α-hetero) is 1. The lowest BCUT2D eigenvalue weighted by Gasteiger charge is -2.21. The van der Waals surface area contributed by atoms with Crippen LogP contribution in [0.4, 0.5) is 0 Å². The van der Waals surface area contributed by atoms with Crippen molar-refractivity contribution in [3.8, 4) is 0 Å². The minimum atomic E-state index is 0.213. The normalized spacial score (nSPS) is 21.9. The van der Waals surface area contributed by atoms with Crippen LogP contribution in [0.2, 0.25) is 0 Å². The highest BCUT2D eigenvalue weighted by Gasteiger charge is 2.20. The van der Waals surface area contributed by atoms with Gasteiger partial charge in [0, 0.05) is 39.1 Å². The van der Waals surface area contributed by atoms with E-state index in [4.69, 9.17) is 9.47 Å². The first kappa shape index (κ1) is 12.6. The van der Waals surface area contributed by atoms with E-state index in [0.717, 1.165) is 32.5 Å². The van der Waals surface area contributed by atoms with E-state index in [2.05, 4.69) is 5.32 Å². The second-order valence-corrected chi connectivity index (χ2v) is 3.86. The quantitative estimate of drug-likeness (QED) is 0.632. The minimum absolute atomic E-state index is 0.213. The van der Waals surface area contributed by atoms with Crippen LogP contribution in [0.5, 0.6) is 0 Å². The Labute approximate surface area is 91.3 Å². The summed E-state index contributed by atoms with van der Waals surface area (Å²) in [5, 5.41) is 3.24. The maximum atomic E-state index is 11.5. The van der Waals surface area contributed by atoms with Crippen LogP contribution in [0, 0.1) is 5.92 Å². The molecule has 0 aromatic carbocycles. The molecule has 0 aliphatic carbocycles. The highest BCUT2D eigenvalue weighted by Crippen LogP contribution is 2.12. The van der Waals surface area contributed by atoms with Crippen LogP contribution in [0.15, 0.2) is 0 Å². The van der Waals surface area contributed by atoms with E-state index in [0.29, 0.717) is 25.4 Å². The molecule has 15 heavy (non-hydrogen) atoms. The van der Waals surface area contributed by atoms with Crippen LogP contribution in [-0.2, 0) is 14.3 Å². The molecule has 0 saturated carbocycles. The van der Waals surface area contributed by atoms with Crippen molar-refractivity contribution >= 4 is 5.78 Å². The lowest BCUT2D eigenvalue weighted by molar-refractivity contribution is -0.124. The van der Waals surface area contributed by atoms with E-state index in [9.17, 15) is 4.79 Å². The Balaban J connectivity index is 1.96. The average Bonchev–Trinajstić information content (AvgIpc) is 2.25. The van der Waals surface area contributed by atoms with Gasteiger partial charge in [0.25, 0.3) is 0 Å². The minimum Gasteiger partial charge on any atom is -0.382 e. The Hall–Kier alpha value is -0.450. The molecule has 0 radical (unpaired) electrons. The molecule has 1 N–H and O–H groups in total. The third-order valence-corrected chi connectivity index (χ3v) is 2.67. The molecule has 1 rings (SSSR count). The Morgan fingerprint density at radius 2 is 2.27 bits per heavy atom. The number of methoxy groups -OCH3 is 1. The van der Waals surface area contributed by atoms with Crippen molar-refractivity contribution in [2.75, 3.05) is 40.0 Å². The van der Waals surface area contributed by atoms with Crippen molar-refractivity contribution in [1.82, 2.24) is 5.32 Å². The van der Waals surface area contributed by atoms with Crippen LogP contribution in [0.3, 0.4) is 0 Å². The molecule has 1 aliphatic rings. The second kappa shape index (κ2) is 7.79. The van der Waals surface area contributed by atoms with E-state index >= 15 is 0 Å². The molecule has 0 aromatic heterocycles. The first-order valence-corrected chi connectivity index (χ1v) is 5.64. The van der Waals surface area contributed by atoms with Crippen LogP contribution in [-0.4, -0.2) is 45.8 Å². The van der Waals surface area contributed by atoms with Gasteiger partial charge in [0.05, 0.1) is 13.2 Å². The van der Waals surface area contributed by atoms with Gasteiger partial charge in [-0.3, -0.25) is 4.79 Å². The third kappa shape index (κ3) is 5.25. The summed E-state index contributed by atoms with van der Waals surface area (Å²) in [7, 11) is 1.66. The fraction of sp³-hybridized carbons (Fsp3) is 0.909. The Kier molecular flexibility index (Phi) is 6.55. The number of ether oxygens (including phenoxy) is 2. The molecule has 0 amide bonds. The van der Waals surface area contributed by atoms with Gasteiger partial charge < -0.3 is 14.8 Å². The summed E-state index contributed by atoms with van der Waals surface area (Å²) in [5.74, 6) is 0.621. The van der Waals surface area contributed by atoms with Gasteiger partial charge in [-0.15, -0.1) is 0 Å². The first-order valence-electron chi connectivity index (χ1n) is 5.64. The van der Waals surface area contributed by atoms with Crippen molar-refractivity contribution in [2.24, 2.45) is 5.92 Å². The molecule has 0 bridgehead atoms. The number of piperidine rings is 1. The monoisotopic (exact) mass is 215 g/mol. The standard InChI is InChI=1S/C11H21NO3/c1-14-7-8-15-6-2-3-10-9-12-5-4-11(10)13/h10,12H,2-9H2,1H3. The molecule has 1 heterocycles. The molecular formula is C11H21NO3. The Morgan fingerprint density at radius 1 is 1.40 bits per heavy atom. The van der Waals surface area contributed by atoms with E-state index in [1.54, 1.807) is 7.11 Å². The number of nitrogens with one attached hydrogen (secondary N) is 1. The SMILES string of the molecule is COCCOCCCC1CNCCC1=O. The summed E-state index contributed by atoms with van der Waals surface area (Å²) in [5.41, 5.74) is 0. The van der Waals surface area contributed by atoms with Crippen LogP contribution in [0.1, 0.15) is 19.3 Å². The summed E-state index contributed by atoms with van der Waals surface area (Å²) in [4.78, 5) is 11.5. The number of hydrogen-bond acceptors (Lipinski definition) is 4. The zero-order chi connectivity index (χ0) is 10.9. The molecule has 4 nitrogen and oxygen atoms in total. The van der Waals surface area contributed by atoms with E-state index < -0.39 is 0 Å². The third-order valence-electron chi connectivity index (χ3n) is 2.67. The van der Waals surface area contributed by atoms with E-state index in [1.165, 1.54) is 0 Å². The predicted molar refractivity (Wildman–Crippen MR) is 57.9 cm³/mol. The number of ketones is 1. The van der Waals surface area contributed by atoms with Crippen molar-refractivity contribution in [3.05, 3.63) is 0 Å². The van der Waals surface area contributed by atoms with Gasteiger partial charge in [-0.05, 0) is 12.8 Å². The molecular weight excluding hydrogens is 194 g/mol. The summed E-state index contributed by atoms with van der Waals surface area (Å²) in [6, 6.07) is 0. The predicted octanol–water partition coefficient (Wildman–Crippen LogP) is 0.608. The van der Waals surface area contributed by atoms with Crippen LogP contribution in [0.25, 0.3) is 0 Å². The highest BCUT2D eigenvalue weighted by molar-refractivity contribution is 5.82. The van der Waals surface area contributed by atoms with Gasteiger partial charge in [-0.2, -0.15) is 0 Å². The van der Waals surface area contributed by atoms with Crippen LogP contribution < -0.4 is 5.32 Å². The lowest BCUT2D eigenvalue weighted by atomic mass is 9.93. The molecule has 1 aliphatic heterocycles. The van der Waals surface area contributed by atoms with Crippen LogP contribution >= 0.6 is 0 Å². The Morgan fingerprint density at radius 3 is 3.00 bits per heavy atom.